The largest absolute Gasteiger partial charge is 0.373 e. The third kappa shape index (κ3) is 4.52. The van der Waals surface area contributed by atoms with E-state index in [2.05, 4.69) is 44.1 Å². The number of piperazine rings is 1. The summed E-state index contributed by atoms with van der Waals surface area (Å²) in [6, 6.07) is 6.75. The maximum atomic E-state index is 6.07. The Hall–Kier alpha value is -1.86. The number of anilines is 1. The minimum Gasteiger partial charge on any atom is -0.373 e. The zero-order valence-corrected chi connectivity index (χ0v) is 16.4. The van der Waals surface area contributed by atoms with Gasteiger partial charge in [-0.25, -0.2) is 4.98 Å². The second kappa shape index (κ2) is 8.89. The van der Waals surface area contributed by atoms with Crippen molar-refractivity contribution in [3.8, 4) is 0 Å². The lowest BCUT2D eigenvalue weighted by molar-refractivity contribution is -0.0432. The molecule has 3 saturated heterocycles. The van der Waals surface area contributed by atoms with E-state index in [9.17, 15) is 0 Å². The molecule has 0 radical (unpaired) electrons. The Morgan fingerprint density at radius 1 is 1.26 bits per heavy atom. The maximum absolute atomic E-state index is 6.07. The van der Waals surface area contributed by atoms with Crippen LogP contribution < -0.4 is 10.2 Å². The zero-order chi connectivity index (χ0) is 18.5. The summed E-state index contributed by atoms with van der Waals surface area (Å²) in [6.07, 6.45) is 4.69. The van der Waals surface area contributed by atoms with Gasteiger partial charge in [-0.1, -0.05) is 6.07 Å². The van der Waals surface area contributed by atoms with Crippen LogP contribution in [0.3, 0.4) is 0 Å². The summed E-state index contributed by atoms with van der Waals surface area (Å²) in [5.74, 6) is 2.08. The van der Waals surface area contributed by atoms with Crippen molar-refractivity contribution in [2.75, 3.05) is 63.9 Å². The molecule has 0 saturated carbocycles. The van der Waals surface area contributed by atoms with Crippen molar-refractivity contribution in [1.29, 1.82) is 0 Å². The van der Waals surface area contributed by atoms with Crippen LogP contribution in [0.15, 0.2) is 29.4 Å². The van der Waals surface area contributed by atoms with Crippen LogP contribution in [-0.4, -0.2) is 91.9 Å². The van der Waals surface area contributed by atoms with Crippen molar-refractivity contribution in [3.63, 3.8) is 0 Å². The van der Waals surface area contributed by atoms with Gasteiger partial charge in [-0.15, -0.1) is 0 Å². The van der Waals surface area contributed by atoms with E-state index in [1.54, 1.807) is 0 Å². The van der Waals surface area contributed by atoms with E-state index in [0.29, 0.717) is 6.04 Å². The first-order valence-electron chi connectivity index (χ1n) is 10.4. The van der Waals surface area contributed by atoms with Gasteiger partial charge in [0, 0.05) is 51.5 Å². The molecule has 148 valence electrons. The van der Waals surface area contributed by atoms with Gasteiger partial charge < -0.3 is 19.9 Å². The number of hydrogen-bond donors (Lipinski definition) is 1. The summed E-state index contributed by atoms with van der Waals surface area (Å²) in [6.45, 7) is 10.7. The second-order valence-electron chi connectivity index (χ2n) is 7.60. The quantitative estimate of drug-likeness (QED) is 0.629. The Kier molecular flexibility index (Phi) is 6.09. The summed E-state index contributed by atoms with van der Waals surface area (Å²) in [7, 11) is 0. The van der Waals surface area contributed by atoms with Gasteiger partial charge in [0.05, 0.1) is 19.3 Å². The molecule has 7 nitrogen and oxygen atoms in total. The van der Waals surface area contributed by atoms with Crippen LogP contribution in [0, 0.1) is 0 Å². The molecule has 1 aromatic heterocycles. The highest BCUT2D eigenvalue weighted by molar-refractivity contribution is 5.80. The summed E-state index contributed by atoms with van der Waals surface area (Å²) >= 11 is 0. The van der Waals surface area contributed by atoms with E-state index in [1.165, 1.54) is 19.4 Å². The predicted octanol–water partition coefficient (Wildman–Crippen LogP) is 1.03. The normalized spacial score (nSPS) is 26.9. The zero-order valence-electron chi connectivity index (χ0n) is 16.4. The third-order valence-electron chi connectivity index (χ3n) is 5.79. The average molecular weight is 373 g/mol. The molecule has 0 amide bonds. The molecule has 0 spiro atoms. The van der Waals surface area contributed by atoms with Crippen LogP contribution in [0.4, 0.5) is 5.82 Å². The highest BCUT2D eigenvalue weighted by Gasteiger charge is 2.32. The molecular weight excluding hydrogens is 340 g/mol. The predicted molar refractivity (Wildman–Crippen MR) is 108 cm³/mol. The second-order valence-corrected chi connectivity index (χ2v) is 7.60. The Balaban J connectivity index is 1.32. The number of guanidine groups is 1. The Bertz CT molecular complexity index is 616. The standard InChI is InChI=1S/C20H32N6O/c1-2-21-20(23-14-18-15-26-9-5-6-17(26)16-27-18)25-12-10-24(11-13-25)19-7-3-4-8-22-19/h3-4,7-8,17-18H,2,5-6,9-16H2,1H3,(H,21,23). The Labute approximate surface area is 162 Å². The number of fused-ring (bicyclic) bond motifs is 1. The molecule has 2 unspecified atom stereocenters. The summed E-state index contributed by atoms with van der Waals surface area (Å²) in [4.78, 5) is 16.7. The number of nitrogens with zero attached hydrogens (tertiary/aromatic N) is 5. The lowest BCUT2D eigenvalue weighted by atomic mass is 10.2. The van der Waals surface area contributed by atoms with E-state index in [1.807, 2.05) is 12.3 Å². The fraction of sp³-hybridized carbons (Fsp3) is 0.700. The molecule has 7 heteroatoms. The Morgan fingerprint density at radius 3 is 2.93 bits per heavy atom. The first-order chi connectivity index (χ1) is 13.3. The van der Waals surface area contributed by atoms with Crippen molar-refractivity contribution in [3.05, 3.63) is 24.4 Å². The highest BCUT2D eigenvalue weighted by Crippen LogP contribution is 2.22. The molecule has 27 heavy (non-hydrogen) atoms. The molecule has 1 aromatic rings. The van der Waals surface area contributed by atoms with Crippen LogP contribution in [0.1, 0.15) is 19.8 Å². The maximum Gasteiger partial charge on any atom is 0.194 e. The van der Waals surface area contributed by atoms with Crippen LogP contribution in [0.25, 0.3) is 0 Å². The van der Waals surface area contributed by atoms with Crippen LogP contribution in [0.2, 0.25) is 0 Å². The molecule has 0 aromatic carbocycles. The monoisotopic (exact) mass is 372 g/mol. The van der Waals surface area contributed by atoms with Gasteiger partial charge in [0.2, 0.25) is 0 Å². The first kappa shape index (κ1) is 18.5. The van der Waals surface area contributed by atoms with Gasteiger partial charge in [-0.2, -0.15) is 0 Å². The number of aliphatic imine (C=N–C) groups is 1. The number of nitrogens with one attached hydrogen (secondary N) is 1. The van der Waals surface area contributed by atoms with Gasteiger partial charge in [0.1, 0.15) is 5.82 Å². The number of morpholine rings is 1. The molecule has 0 bridgehead atoms. The molecule has 0 aliphatic carbocycles. The van der Waals surface area contributed by atoms with E-state index in [4.69, 9.17) is 9.73 Å². The van der Waals surface area contributed by atoms with Crippen molar-refractivity contribution >= 4 is 11.8 Å². The molecule has 3 fully saturated rings. The van der Waals surface area contributed by atoms with Gasteiger partial charge >= 0.3 is 0 Å². The van der Waals surface area contributed by atoms with Crippen LogP contribution >= 0.6 is 0 Å². The fourth-order valence-electron chi connectivity index (χ4n) is 4.30. The summed E-state index contributed by atoms with van der Waals surface area (Å²) in [5, 5.41) is 3.47. The van der Waals surface area contributed by atoms with Crippen molar-refractivity contribution in [2.24, 2.45) is 4.99 Å². The number of ether oxygens (including phenoxy) is 1. The van der Waals surface area contributed by atoms with E-state index < -0.39 is 0 Å². The molecule has 3 aliphatic heterocycles. The van der Waals surface area contributed by atoms with Crippen molar-refractivity contribution in [2.45, 2.75) is 31.9 Å². The third-order valence-corrected chi connectivity index (χ3v) is 5.79. The lowest BCUT2D eigenvalue weighted by Gasteiger charge is -2.37. The van der Waals surface area contributed by atoms with E-state index in [-0.39, 0.29) is 6.10 Å². The smallest absolute Gasteiger partial charge is 0.194 e. The summed E-state index contributed by atoms with van der Waals surface area (Å²) < 4.78 is 6.07. The number of aromatic nitrogens is 1. The molecule has 4 heterocycles. The van der Waals surface area contributed by atoms with Crippen molar-refractivity contribution in [1.82, 2.24) is 20.1 Å². The van der Waals surface area contributed by atoms with Gasteiger partial charge in [-0.05, 0) is 38.4 Å². The van der Waals surface area contributed by atoms with Crippen molar-refractivity contribution < 1.29 is 4.74 Å². The minimum absolute atomic E-state index is 0.225. The van der Waals surface area contributed by atoms with Crippen LogP contribution in [-0.2, 0) is 4.74 Å². The van der Waals surface area contributed by atoms with E-state index >= 15 is 0 Å². The number of hydrogen-bond acceptors (Lipinski definition) is 5. The van der Waals surface area contributed by atoms with Crippen LogP contribution in [0.5, 0.6) is 0 Å². The fourth-order valence-corrected chi connectivity index (χ4v) is 4.30. The molecule has 2 atom stereocenters. The molecule has 4 rings (SSSR count). The topological polar surface area (TPSA) is 56.2 Å². The first-order valence-corrected chi connectivity index (χ1v) is 10.4. The minimum atomic E-state index is 0.225. The average Bonchev–Trinajstić information content (AvgIpc) is 3.20. The molecule has 3 aliphatic rings. The SMILES string of the molecule is CCNC(=NCC1CN2CCCC2CO1)N1CCN(c2ccccn2)CC1. The molecule has 1 N–H and O–H groups in total. The number of pyridine rings is 1. The number of rotatable bonds is 4. The Morgan fingerprint density at radius 2 is 2.15 bits per heavy atom. The summed E-state index contributed by atoms with van der Waals surface area (Å²) in [5.41, 5.74) is 0. The molecular formula is C20H32N6O. The highest BCUT2D eigenvalue weighted by atomic mass is 16.5. The van der Waals surface area contributed by atoms with Gasteiger partial charge in [-0.3, -0.25) is 9.89 Å². The van der Waals surface area contributed by atoms with E-state index in [0.717, 1.165) is 64.2 Å². The lowest BCUT2D eigenvalue weighted by Crippen LogP contribution is -2.53. The van der Waals surface area contributed by atoms with Gasteiger partial charge in [0.15, 0.2) is 5.96 Å². The van der Waals surface area contributed by atoms with Gasteiger partial charge in [0.25, 0.3) is 0 Å².